The van der Waals surface area contributed by atoms with E-state index in [1.54, 1.807) is 6.08 Å². The van der Waals surface area contributed by atoms with E-state index >= 15 is 0 Å². The topological polar surface area (TPSA) is 0 Å². The van der Waals surface area contributed by atoms with Crippen molar-refractivity contribution < 1.29 is 0 Å². The first-order valence-electron chi connectivity index (χ1n) is 6.75. The third-order valence-electron chi connectivity index (χ3n) is 2.58. The Balaban J connectivity index is 3.12. The quantitative estimate of drug-likeness (QED) is 0.312. The molecule has 1 radical (unpaired) electrons. The number of hydrogen-bond donors (Lipinski definition) is 0. The van der Waals surface area contributed by atoms with Gasteiger partial charge in [-0.3, -0.25) is 0 Å². The molecule has 0 saturated heterocycles. The monoisotopic (exact) mass is 219 g/mol. The van der Waals surface area contributed by atoms with Crippen LogP contribution in [-0.2, 0) is 0 Å². The SMILES string of the molecule is [CH]=CCC=CCCC=CCCCCCCC. The highest BCUT2D eigenvalue weighted by Crippen LogP contribution is 2.05. The van der Waals surface area contributed by atoms with Crippen LogP contribution in [0.3, 0.4) is 0 Å². The summed E-state index contributed by atoms with van der Waals surface area (Å²) in [5, 5.41) is 0. The van der Waals surface area contributed by atoms with Gasteiger partial charge in [-0.25, -0.2) is 0 Å². The molecule has 0 aliphatic heterocycles. The Labute approximate surface area is 102 Å². The van der Waals surface area contributed by atoms with E-state index in [9.17, 15) is 0 Å². The molecule has 16 heavy (non-hydrogen) atoms. The van der Waals surface area contributed by atoms with Crippen LogP contribution in [0.4, 0.5) is 0 Å². The molecule has 0 atom stereocenters. The summed E-state index contributed by atoms with van der Waals surface area (Å²) >= 11 is 0. The van der Waals surface area contributed by atoms with E-state index in [4.69, 9.17) is 6.58 Å². The second-order valence-electron chi connectivity index (χ2n) is 4.19. The van der Waals surface area contributed by atoms with Crippen molar-refractivity contribution in [3.8, 4) is 0 Å². The smallest absolute Gasteiger partial charge is 0.0166 e. The van der Waals surface area contributed by atoms with Gasteiger partial charge in [0, 0.05) is 0 Å². The highest BCUT2D eigenvalue weighted by Gasteiger charge is 1.86. The molecule has 0 saturated carbocycles. The second-order valence-corrected chi connectivity index (χ2v) is 4.19. The van der Waals surface area contributed by atoms with Gasteiger partial charge in [-0.2, -0.15) is 0 Å². The van der Waals surface area contributed by atoms with Crippen LogP contribution in [-0.4, -0.2) is 0 Å². The fourth-order valence-electron chi connectivity index (χ4n) is 1.59. The van der Waals surface area contributed by atoms with Crippen molar-refractivity contribution in [3.63, 3.8) is 0 Å². The Hall–Kier alpha value is -0.780. The van der Waals surface area contributed by atoms with E-state index in [1.165, 1.54) is 38.5 Å². The molecule has 0 unspecified atom stereocenters. The van der Waals surface area contributed by atoms with Gasteiger partial charge >= 0.3 is 0 Å². The average Bonchev–Trinajstić information content (AvgIpc) is 2.31. The van der Waals surface area contributed by atoms with Gasteiger partial charge in [0.05, 0.1) is 0 Å². The Kier molecular flexibility index (Phi) is 13.5. The third kappa shape index (κ3) is 13.2. The second kappa shape index (κ2) is 14.2. The predicted octanol–water partition coefficient (Wildman–Crippen LogP) is 5.62. The van der Waals surface area contributed by atoms with E-state index in [0.717, 1.165) is 19.3 Å². The van der Waals surface area contributed by atoms with Crippen LogP contribution in [0.5, 0.6) is 0 Å². The first-order valence-corrected chi connectivity index (χ1v) is 6.75. The maximum Gasteiger partial charge on any atom is -0.0166 e. The highest BCUT2D eigenvalue weighted by molar-refractivity contribution is 4.90. The molecule has 0 aromatic rings. The van der Waals surface area contributed by atoms with Crippen molar-refractivity contribution in [2.75, 3.05) is 0 Å². The fraction of sp³-hybridized carbons (Fsp3) is 0.625. The summed E-state index contributed by atoms with van der Waals surface area (Å²) in [6.45, 7) is 7.53. The fourth-order valence-corrected chi connectivity index (χ4v) is 1.59. The summed E-state index contributed by atoms with van der Waals surface area (Å²) in [6, 6.07) is 0. The van der Waals surface area contributed by atoms with Gasteiger partial charge in [0.1, 0.15) is 0 Å². The first kappa shape index (κ1) is 15.2. The summed E-state index contributed by atoms with van der Waals surface area (Å²) in [5.74, 6) is 0. The zero-order chi connectivity index (χ0) is 11.9. The average molecular weight is 219 g/mol. The van der Waals surface area contributed by atoms with Crippen LogP contribution in [0, 0.1) is 6.58 Å². The summed E-state index contributed by atoms with van der Waals surface area (Å²) in [6.07, 6.45) is 22.0. The number of hydrogen-bond acceptors (Lipinski definition) is 0. The van der Waals surface area contributed by atoms with E-state index in [2.05, 4.69) is 31.2 Å². The van der Waals surface area contributed by atoms with Crippen LogP contribution >= 0.6 is 0 Å². The molecular weight excluding hydrogens is 192 g/mol. The standard InChI is InChI=1S/C16H27/c1-3-5-7-9-11-13-15-16-14-12-10-8-6-4-2/h1,3,7,9,15-16H,4-6,8,10-14H2,2H3. The van der Waals surface area contributed by atoms with Gasteiger partial charge in [0.15, 0.2) is 0 Å². The molecule has 91 valence electrons. The summed E-state index contributed by atoms with van der Waals surface area (Å²) < 4.78 is 0. The molecule has 0 heterocycles. The maximum atomic E-state index is 5.27. The van der Waals surface area contributed by atoms with Crippen molar-refractivity contribution in [2.45, 2.75) is 64.7 Å². The van der Waals surface area contributed by atoms with E-state index in [-0.39, 0.29) is 0 Å². The first-order chi connectivity index (χ1) is 7.91. The van der Waals surface area contributed by atoms with Crippen LogP contribution < -0.4 is 0 Å². The minimum atomic E-state index is 0.890. The Bertz CT molecular complexity index is 186. The Morgan fingerprint density at radius 1 is 0.750 bits per heavy atom. The molecule has 0 nitrogen and oxygen atoms in total. The van der Waals surface area contributed by atoms with E-state index < -0.39 is 0 Å². The number of unbranched alkanes of at least 4 members (excludes halogenated alkanes) is 6. The van der Waals surface area contributed by atoms with Crippen molar-refractivity contribution >= 4 is 0 Å². The lowest BCUT2D eigenvalue weighted by Crippen LogP contribution is -1.76. The van der Waals surface area contributed by atoms with Crippen molar-refractivity contribution in [1.29, 1.82) is 0 Å². The third-order valence-corrected chi connectivity index (χ3v) is 2.58. The summed E-state index contributed by atoms with van der Waals surface area (Å²) in [7, 11) is 0. The van der Waals surface area contributed by atoms with Crippen LogP contribution in [0.1, 0.15) is 64.7 Å². The maximum absolute atomic E-state index is 5.27. The number of rotatable bonds is 11. The van der Waals surface area contributed by atoms with Crippen molar-refractivity contribution in [1.82, 2.24) is 0 Å². The summed E-state index contributed by atoms with van der Waals surface area (Å²) in [4.78, 5) is 0. The molecule has 0 fully saturated rings. The minimum absolute atomic E-state index is 0.890. The molecule has 0 bridgehead atoms. The molecule has 0 heteroatoms. The van der Waals surface area contributed by atoms with E-state index in [1.807, 2.05) is 0 Å². The van der Waals surface area contributed by atoms with Gasteiger partial charge in [0.2, 0.25) is 0 Å². The number of allylic oxidation sites excluding steroid dienone is 5. The lowest BCUT2D eigenvalue weighted by molar-refractivity contribution is 0.637. The Morgan fingerprint density at radius 3 is 2.06 bits per heavy atom. The lowest BCUT2D eigenvalue weighted by atomic mass is 10.1. The van der Waals surface area contributed by atoms with Gasteiger partial charge < -0.3 is 0 Å². The molecule has 0 aliphatic rings. The Morgan fingerprint density at radius 2 is 1.38 bits per heavy atom. The zero-order valence-corrected chi connectivity index (χ0v) is 10.8. The van der Waals surface area contributed by atoms with E-state index in [0.29, 0.717) is 0 Å². The van der Waals surface area contributed by atoms with Gasteiger partial charge in [0.25, 0.3) is 0 Å². The van der Waals surface area contributed by atoms with Gasteiger partial charge in [-0.05, 0) is 32.1 Å². The van der Waals surface area contributed by atoms with Gasteiger partial charge in [-0.15, -0.1) is 0 Å². The molecule has 0 spiro atoms. The van der Waals surface area contributed by atoms with Crippen LogP contribution in [0.2, 0.25) is 0 Å². The van der Waals surface area contributed by atoms with Crippen LogP contribution in [0.25, 0.3) is 0 Å². The normalized spacial score (nSPS) is 11.6. The van der Waals surface area contributed by atoms with Gasteiger partial charge in [-0.1, -0.05) is 69.6 Å². The predicted molar refractivity (Wildman–Crippen MR) is 74.4 cm³/mol. The zero-order valence-electron chi connectivity index (χ0n) is 10.8. The molecule has 0 N–H and O–H groups in total. The molecule has 0 rings (SSSR count). The van der Waals surface area contributed by atoms with Crippen LogP contribution in [0.15, 0.2) is 30.4 Å². The lowest BCUT2D eigenvalue weighted by Gasteiger charge is -1.95. The summed E-state index contributed by atoms with van der Waals surface area (Å²) in [5.41, 5.74) is 0. The largest absolute Gasteiger partial charge is 0.0885 e. The molecule has 0 aliphatic carbocycles. The molecule has 0 aromatic heterocycles. The highest BCUT2D eigenvalue weighted by atomic mass is 13.9. The van der Waals surface area contributed by atoms with Crippen molar-refractivity contribution in [2.24, 2.45) is 0 Å². The molecule has 0 aromatic carbocycles. The molecule has 0 amide bonds. The molecular formula is C16H27. The van der Waals surface area contributed by atoms with Crippen molar-refractivity contribution in [3.05, 3.63) is 37.0 Å². The minimum Gasteiger partial charge on any atom is -0.0885 e.